The number of carbonyl (C=O) groups is 3. The molecule has 0 saturated heterocycles. The second-order valence-corrected chi connectivity index (χ2v) is 11.5. The average Bonchev–Trinajstić information content (AvgIpc) is 3.54. The monoisotopic (exact) mass is 631 g/mol. The molecule has 232 valence electrons. The van der Waals surface area contributed by atoms with Crippen LogP contribution in [0, 0.1) is 13.8 Å². The first kappa shape index (κ1) is 31.9. The van der Waals surface area contributed by atoms with Crippen LogP contribution < -0.4 is 20.7 Å². The molecule has 3 amide bonds. The van der Waals surface area contributed by atoms with Gasteiger partial charge in [-0.1, -0.05) is 42.5 Å². The summed E-state index contributed by atoms with van der Waals surface area (Å²) < 4.78 is 11.5. The molecule has 0 spiro atoms. The highest BCUT2D eigenvalue weighted by Gasteiger charge is 2.17. The topological polar surface area (TPSA) is 110 Å². The van der Waals surface area contributed by atoms with Crippen molar-refractivity contribution in [3.63, 3.8) is 0 Å². The van der Waals surface area contributed by atoms with Crippen molar-refractivity contribution in [3.05, 3.63) is 137 Å². The summed E-state index contributed by atoms with van der Waals surface area (Å²) in [6.45, 7) is 3.94. The summed E-state index contributed by atoms with van der Waals surface area (Å²) in [4.78, 5) is 39.9. The van der Waals surface area contributed by atoms with Gasteiger partial charge in [-0.25, -0.2) is 0 Å². The molecule has 0 fully saturated rings. The first-order valence-electron chi connectivity index (χ1n) is 14.5. The van der Waals surface area contributed by atoms with Crippen molar-refractivity contribution in [2.45, 2.75) is 18.7 Å². The maximum Gasteiger partial charge on any atom is 0.272 e. The van der Waals surface area contributed by atoms with E-state index in [0.29, 0.717) is 28.5 Å². The van der Waals surface area contributed by atoms with Crippen molar-refractivity contribution in [3.8, 4) is 17.1 Å². The zero-order valence-corrected chi connectivity index (χ0v) is 26.4. The van der Waals surface area contributed by atoms with E-state index in [9.17, 15) is 14.4 Å². The third-order valence-corrected chi connectivity index (χ3v) is 7.98. The number of nitrogens with one attached hydrogen (secondary N) is 3. The van der Waals surface area contributed by atoms with Gasteiger partial charge in [0, 0.05) is 27.9 Å². The molecular weight excluding hydrogens is 598 g/mol. The fourth-order valence-electron chi connectivity index (χ4n) is 4.55. The highest BCUT2D eigenvalue weighted by molar-refractivity contribution is 8.00. The summed E-state index contributed by atoms with van der Waals surface area (Å²) in [7, 11) is 1.58. The van der Waals surface area contributed by atoms with E-state index in [1.807, 2.05) is 74.5 Å². The molecule has 5 rings (SSSR count). The third kappa shape index (κ3) is 8.34. The molecule has 3 N–H and O–H groups in total. The van der Waals surface area contributed by atoms with Crippen LogP contribution in [0.2, 0.25) is 0 Å². The molecular formula is C37H33N3O5S. The highest BCUT2D eigenvalue weighted by Crippen LogP contribution is 2.31. The average molecular weight is 632 g/mol. The van der Waals surface area contributed by atoms with Crippen molar-refractivity contribution >= 4 is 46.9 Å². The van der Waals surface area contributed by atoms with Crippen LogP contribution in [0.4, 0.5) is 11.4 Å². The fraction of sp³-hybridized carbons (Fsp3) is 0.108. The molecule has 0 bridgehead atoms. The van der Waals surface area contributed by atoms with Gasteiger partial charge < -0.3 is 25.1 Å². The molecule has 0 aliphatic rings. The minimum atomic E-state index is -0.534. The van der Waals surface area contributed by atoms with Crippen molar-refractivity contribution in [1.82, 2.24) is 5.32 Å². The van der Waals surface area contributed by atoms with Gasteiger partial charge in [0.2, 0.25) is 5.91 Å². The number of thioether (sulfide) groups is 1. The Morgan fingerprint density at radius 2 is 1.57 bits per heavy atom. The first-order chi connectivity index (χ1) is 22.3. The molecule has 9 heteroatoms. The predicted molar refractivity (Wildman–Crippen MR) is 183 cm³/mol. The zero-order valence-electron chi connectivity index (χ0n) is 25.6. The predicted octanol–water partition coefficient (Wildman–Crippen LogP) is 7.71. The Kier molecular flexibility index (Phi) is 10.4. The summed E-state index contributed by atoms with van der Waals surface area (Å²) in [5.74, 6) is 0.714. The molecule has 0 saturated carbocycles. The maximum atomic E-state index is 13.5. The lowest BCUT2D eigenvalue weighted by Gasteiger charge is -2.12. The Bertz CT molecular complexity index is 1880. The fourth-order valence-corrected chi connectivity index (χ4v) is 5.25. The molecule has 1 aromatic heterocycles. The van der Waals surface area contributed by atoms with Gasteiger partial charge in [-0.05, 0) is 91.7 Å². The van der Waals surface area contributed by atoms with E-state index in [-0.39, 0.29) is 17.4 Å². The maximum absolute atomic E-state index is 13.5. The number of anilines is 2. The minimum Gasteiger partial charge on any atom is -0.496 e. The second kappa shape index (κ2) is 15.0. The molecule has 0 aliphatic heterocycles. The Morgan fingerprint density at radius 1 is 0.826 bits per heavy atom. The standard InChI is InChI=1S/C37H33N3O5S/c1-24-13-14-25(2)31(21-24)39-35(41)23-46-29-18-15-27(16-19-29)38-37(43)32(40-36(42)26-9-5-4-6-10-26)22-28-17-20-34(45-28)30-11-7-8-12-33(30)44-3/h4-22H,23H2,1-3H3,(H,38,43)(H,39,41)(H,40,42)/b32-22+. The SMILES string of the molecule is COc1ccccc1-c1ccc(/C=C(/NC(=O)c2ccccc2)C(=O)Nc2ccc(SCC(=O)Nc3cc(C)ccc3C)cc2)o1. The molecule has 0 unspecified atom stereocenters. The van der Waals surface area contributed by atoms with E-state index >= 15 is 0 Å². The van der Waals surface area contributed by atoms with Crippen molar-refractivity contribution < 1.29 is 23.5 Å². The summed E-state index contributed by atoms with van der Waals surface area (Å²) in [5, 5.41) is 8.53. The van der Waals surface area contributed by atoms with Gasteiger partial charge in [0.25, 0.3) is 11.8 Å². The van der Waals surface area contributed by atoms with E-state index in [2.05, 4.69) is 16.0 Å². The molecule has 1 heterocycles. The van der Waals surface area contributed by atoms with Crippen LogP contribution in [0.25, 0.3) is 17.4 Å². The molecule has 8 nitrogen and oxygen atoms in total. The summed E-state index contributed by atoms with van der Waals surface area (Å²) in [5.41, 5.74) is 4.55. The second-order valence-electron chi connectivity index (χ2n) is 10.4. The summed E-state index contributed by atoms with van der Waals surface area (Å²) in [6, 6.07) is 32.6. The number of benzene rings is 4. The van der Waals surface area contributed by atoms with E-state index in [4.69, 9.17) is 9.15 Å². The van der Waals surface area contributed by atoms with Crippen LogP contribution in [0.3, 0.4) is 0 Å². The first-order valence-corrected chi connectivity index (χ1v) is 15.5. The van der Waals surface area contributed by atoms with Crippen LogP contribution in [0.1, 0.15) is 27.2 Å². The van der Waals surface area contributed by atoms with Gasteiger partial charge in [0.05, 0.1) is 18.4 Å². The van der Waals surface area contributed by atoms with Crippen LogP contribution in [-0.2, 0) is 9.59 Å². The van der Waals surface area contributed by atoms with Gasteiger partial charge in [-0.15, -0.1) is 11.8 Å². The van der Waals surface area contributed by atoms with Gasteiger partial charge in [0.15, 0.2) is 0 Å². The number of ether oxygens (including phenoxy) is 1. The van der Waals surface area contributed by atoms with Crippen molar-refractivity contribution in [2.75, 3.05) is 23.5 Å². The van der Waals surface area contributed by atoms with Crippen LogP contribution >= 0.6 is 11.8 Å². The Hall–Kier alpha value is -5.54. The lowest BCUT2D eigenvalue weighted by atomic mass is 10.1. The number of hydrogen-bond acceptors (Lipinski definition) is 6. The third-order valence-electron chi connectivity index (χ3n) is 6.96. The molecule has 0 radical (unpaired) electrons. The summed E-state index contributed by atoms with van der Waals surface area (Å²) in [6.07, 6.45) is 1.48. The van der Waals surface area contributed by atoms with Gasteiger partial charge in [-0.2, -0.15) is 0 Å². The van der Waals surface area contributed by atoms with Crippen molar-refractivity contribution in [2.24, 2.45) is 0 Å². The van der Waals surface area contributed by atoms with Gasteiger partial charge in [-0.3, -0.25) is 14.4 Å². The minimum absolute atomic E-state index is 0.00338. The molecule has 5 aromatic rings. The van der Waals surface area contributed by atoms with Gasteiger partial charge in [0.1, 0.15) is 23.0 Å². The normalized spacial score (nSPS) is 11.1. The highest BCUT2D eigenvalue weighted by atomic mass is 32.2. The molecule has 4 aromatic carbocycles. The zero-order chi connectivity index (χ0) is 32.5. The number of amides is 3. The Morgan fingerprint density at radius 3 is 2.33 bits per heavy atom. The summed E-state index contributed by atoms with van der Waals surface area (Å²) >= 11 is 1.39. The quantitative estimate of drug-likeness (QED) is 0.102. The molecule has 0 atom stereocenters. The van der Waals surface area contributed by atoms with Crippen molar-refractivity contribution in [1.29, 1.82) is 0 Å². The molecule has 46 heavy (non-hydrogen) atoms. The molecule has 0 aliphatic carbocycles. The van der Waals surface area contributed by atoms with E-state index in [0.717, 1.165) is 27.3 Å². The number of carbonyl (C=O) groups excluding carboxylic acids is 3. The number of para-hydroxylation sites is 1. The lowest BCUT2D eigenvalue weighted by molar-refractivity contribution is -0.114. The Balaban J connectivity index is 1.28. The number of hydrogen-bond donors (Lipinski definition) is 3. The number of furan rings is 1. The van der Waals surface area contributed by atoms with E-state index in [1.54, 1.807) is 55.6 Å². The Labute approximate surface area is 271 Å². The van der Waals surface area contributed by atoms with Crippen LogP contribution in [0.5, 0.6) is 5.75 Å². The van der Waals surface area contributed by atoms with Gasteiger partial charge >= 0.3 is 0 Å². The van der Waals surface area contributed by atoms with Crippen LogP contribution in [-0.4, -0.2) is 30.6 Å². The van der Waals surface area contributed by atoms with Crippen LogP contribution in [0.15, 0.2) is 124 Å². The lowest BCUT2D eigenvalue weighted by Crippen LogP contribution is -2.30. The smallest absolute Gasteiger partial charge is 0.272 e. The van der Waals surface area contributed by atoms with E-state index < -0.39 is 11.8 Å². The number of methoxy groups -OCH3 is 1. The largest absolute Gasteiger partial charge is 0.496 e. The number of rotatable bonds is 11. The van der Waals surface area contributed by atoms with E-state index in [1.165, 1.54) is 17.8 Å². The number of aryl methyl sites for hydroxylation is 2.